The molecule has 0 saturated carbocycles. The average Bonchev–Trinajstić information content (AvgIpc) is 1.41. The fourth-order valence-corrected chi connectivity index (χ4v) is 0.0373. The molecule has 0 spiro atoms. The molecular weight excluding hydrogens is 72.0 g/mol. The van der Waals surface area contributed by atoms with Crippen molar-refractivity contribution in [3.05, 3.63) is 0 Å². The van der Waals surface area contributed by atoms with Crippen molar-refractivity contribution in [3.63, 3.8) is 0 Å². The predicted molar refractivity (Wildman–Crippen MR) is 13.0 cm³/mol. The summed E-state index contributed by atoms with van der Waals surface area (Å²) in [5.41, 5.74) is 0. The van der Waals surface area contributed by atoms with Gasteiger partial charge in [-0.1, -0.05) is 0 Å². The third-order valence-corrected chi connectivity index (χ3v) is 0.175. The summed E-state index contributed by atoms with van der Waals surface area (Å²) in [6.45, 7) is -0.302. The van der Waals surface area contributed by atoms with Gasteiger partial charge >= 0.3 is 0 Å². The first kappa shape index (κ1) is 4.88. The summed E-state index contributed by atoms with van der Waals surface area (Å²) in [6.07, 6.45) is 0. The smallest absolute Gasteiger partial charge is 0.0656 e. The minimum atomic E-state index is -0.191. The Morgan fingerprint density at radius 2 is 2.40 bits per heavy atom. The number of aliphatic hydroxyl groups is 1. The molecule has 0 amide bonds. The van der Waals surface area contributed by atoms with E-state index < -0.39 is 0 Å². The largest absolute Gasteiger partial charge is 0.723 e. The maximum atomic E-state index is 8.87. The van der Waals surface area contributed by atoms with Crippen LogP contribution in [-0.2, 0) is 4.89 Å². The highest BCUT2D eigenvalue weighted by atomic mass is 17.1. The lowest BCUT2D eigenvalue weighted by atomic mass is 10.8. The van der Waals surface area contributed by atoms with Crippen LogP contribution in [0.5, 0.6) is 0 Å². The van der Waals surface area contributed by atoms with Crippen LogP contribution in [0.3, 0.4) is 0 Å². The Labute approximate surface area is 29.7 Å². The molecule has 0 aromatic heterocycles. The summed E-state index contributed by atoms with van der Waals surface area (Å²) in [5.74, 6) is 0. The number of hydrogen-bond donors (Lipinski definition) is 1. The molecule has 0 atom stereocenters. The van der Waals surface area contributed by atoms with E-state index in [-0.39, 0.29) is 13.2 Å². The van der Waals surface area contributed by atoms with Crippen molar-refractivity contribution in [1.82, 2.24) is 0 Å². The highest BCUT2D eigenvalue weighted by Gasteiger charge is 1.62. The van der Waals surface area contributed by atoms with Gasteiger partial charge in [0, 0.05) is 0 Å². The molecule has 5 heavy (non-hydrogen) atoms. The fourth-order valence-electron chi connectivity index (χ4n) is 0.0373. The van der Waals surface area contributed by atoms with E-state index in [2.05, 4.69) is 4.89 Å². The molecular formula is C2H5O3-. The first-order valence-electron chi connectivity index (χ1n) is 1.27. The summed E-state index contributed by atoms with van der Waals surface area (Å²) >= 11 is 0. The second kappa shape index (κ2) is 3.88. The van der Waals surface area contributed by atoms with Gasteiger partial charge in [0.1, 0.15) is 0 Å². The molecule has 0 fully saturated rings. The number of aliphatic hydroxyl groups excluding tert-OH is 1. The van der Waals surface area contributed by atoms with Crippen LogP contribution >= 0.6 is 0 Å². The summed E-state index contributed by atoms with van der Waals surface area (Å²) in [7, 11) is 0. The molecule has 0 aromatic carbocycles. The van der Waals surface area contributed by atoms with Crippen molar-refractivity contribution in [1.29, 1.82) is 0 Å². The van der Waals surface area contributed by atoms with Gasteiger partial charge in [0.2, 0.25) is 0 Å². The van der Waals surface area contributed by atoms with E-state index >= 15 is 0 Å². The van der Waals surface area contributed by atoms with Crippen molar-refractivity contribution in [2.24, 2.45) is 0 Å². The van der Waals surface area contributed by atoms with E-state index in [1.165, 1.54) is 0 Å². The zero-order chi connectivity index (χ0) is 4.12. The lowest BCUT2D eigenvalue weighted by molar-refractivity contribution is -0.689. The zero-order valence-electron chi connectivity index (χ0n) is 2.68. The van der Waals surface area contributed by atoms with Crippen LogP contribution in [0, 0.1) is 0 Å². The van der Waals surface area contributed by atoms with E-state index in [1.807, 2.05) is 0 Å². The fraction of sp³-hybridized carbons (Fsp3) is 1.00. The monoisotopic (exact) mass is 77.0 g/mol. The molecule has 3 heteroatoms. The number of hydrogen-bond acceptors (Lipinski definition) is 3. The molecule has 1 N–H and O–H groups in total. The predicted octanol–water partition coefficient (Wildman–Crippen LogP) is -1.73. The Bertz CT molecular complexity index is 12.4. The van der Waals surface area contributed by atoms with Gasteiger partial charge in [-0.15, -0.1) is 0 Å². The minimum absolute atomic E-state index is 0.111. The van der Waals surface area contributed by atoms with Crippen LogP contribution in [0.1, 0.15) is 0 Å². The maximum absolute atomic E-state index is 8.87. The van der Waals surface area contributed by atoms with Crippen molar-refractivity contribution in [3.8, 4) is 0 Å². The van der Waals surface area contributed by atoms with Crippen LogP contribution in [0.2, 0.25) is 0 Å². The Morgan fingerprint density at radius 1 is 1.80 bits per heavy atom. The molecule has 0 aliphatic heterocycles. The van der Waals surface area contributed by atoms with Crippen molar-refractivity contribution < 1.29 is 15.3 Å². The summed E-state index contributed by atoms with van der Waals surface area (Å²) in [4.78, 5) is 3.19. The van der Waals surface area contributed by atoms with Gasteiger partial charge in [0.05, 0.1) is 13.2 Å². The van der Waals surface area contributed by atoms with Gasteiger partial charge in [-0.25, -0.2) is 0 Å². The molecule has 0 bridgehead atoms. The highest BCUT2D eigenvalue weighted by molar-refractivity contribution is 4.09. The normalized spacial score (nSPS) is 8.40. The molecule has 3 nitrogen and oxygen atoms in total. The molecule has 0 radical (unpaired) electrons. The molecule has 0 unspecified atom stereocenters. The molecule has 0 heterocycles. The quantitative estimate of drug-likeness (QED) is 0.315. The highest BCUT2D eigenvalue weighted by Crippen LogP contribution is 1.50. The van der Waals surface area contributed by atoms with Crippen LogP contribution in [0.4, 0.5) is 0 Å². The Hall–Kier alpha value is -0.120. The van der Waals surface area contributed by atoms with Gasteiger partial charge in [0.15, 0.2) is 0 Å². The van der Waals surface area contributed by atoms with E-state index in [4.69, 9.17) is 10.4 Å². The number of rotatable bonds is 2. The molecule has 0 saturated heterocycles. The first-order valence-corrected chi connectivity index (χ1v) is 1.27. The van der Waals surface area contributed by atoms with E-state index in [0.29, 0.717) is 0 Å². The molecule has 0 aromatic rings. The van der Waals surface area contributed by atoms with Crippen molar-refractivity contribution in [2.75, 3.05) is 13.2 Å². The second-order valence-corrected chi connectivity index (χ2v) is 0.546. The lowest BCUT2D eigenvalue weighted by Gasteiger charge is -1.99. The van der Waals surface area contributed by atoms with Gasteiger partial charge in [-0.3, -0.25) is 0 Å². The molecule has 0 aliphatic rings. The third-order valence-electron chi connectivity index (χ3n) is 0.175. The van der Waals surface area contributed by atoms with Crippen LogP contribution < -0.4 is 5.26 Å². The second-order valence-electron chi connectivity index (χ2n) is 0.546. The van der Waals surface area contributed by atoms with Crippen LogP contribution in [0.15, 0.2) is 0 Å². The SMILES string of the molecule is [O-]OCCO. The van der Waals surface area contributed by atoms with Gasteiger partial charge in [0.25, 0.3) is 0 Å². The van der Waals surface area contributed by atoms with Crippen LogP contribution in [-0.4, -0.2) is 18.3 Å². The van der Waals surface area contributed by atoms with Crippen molar-refractivity contribution >= 4 is 0 Å². The van der Waals surface area contributed by atoms with E-state index in [0.717, 1.165) is 0 Å². The lowest BCUT2D eigenvalue weighted by Crippen LogP contribution is -2.08. The van der Waals surface area contributed by atoms with E-state index in [9.17, 15) is 0 Å². The third kappa shape index (κ3) is 3.88. The van der Waals surface area contributed by atoms with Gasteiger partial charge in [-0.2, -0.15) is 0 Å². The molecule has 0 rings (SSSR count). The van der Waals surface area contributed by atoms with Crippen molar-refractivity contribution in [2.45, 2.75) is 0 Å². The minimum Gasteiger partial charge on any atom is -0.723 e. The zero-order valence-corrected chi connectivity index (χ0v) is 2.68. The summed E-state index contributed by atoms with van der Waals surface area (Å²) < 4.78 is 0. The topological polar surface area (TPSA) is 52.5 Å². The van der Waals surface area contributed by atoms with Crippen LogP contribution in [0.25, 0.3) is 0 Å². The van der Waals surface area contributed by atoms with Gasteiger partial charge < -0.3 is 15.3 Å². The molecule has 32 valence electrons. The Balaban J connectivity index is 2.19. The van der Waals surface area contributed by atoms with Gasteiger partial charge in [-0.05, 0) is 0 Å². The standard InChI is InChI=1S/C2H6O3/c3-1-2-5-4/h3-4H,1-2H2/p-1. The van der Waals surface area contributed by atoms with E-state index in [1.54, 1.807) is 0 Å². The average molecular weight is 77.1 g/mol. The Kier molecular flexibility index (Phi) is 3.79. The maximum Gasteiger partial charge on any atom is 0.0656 e. The summed E-state index contributed by atoms with van der Waals surface area (Å²) in [6, 6.07) is 0. The Morgan fingerprint density at radius 3 is 2.40 bits per heavy atom. The molecule has 0 aliphatic carbocycles. The first-order chi connectivity index (χ1) is 2.41. The summed E-state index contributed by atoms with van der Waals surface area (Å²) in [5, 5.41) is 16.6.